The highest BCUT2D eigenvalue weighted by atomic mass is 16.5. The van der Waals surface area contributed by atoms with Crippen molar-refractivity contribution >= 4 is 5.96 Å². The third-order valence-electron chi connectivity index (χ3n) is 3.01. The van der Waals surface area contributed by atoms with Crippen LogP contribution in [0.2, 0.25) is 0 Å². The lowest BCUT2D eigenvalue weighted by Crippen LogP contribution is -2.39. The first-order valence-corrected chi connectivity index (χ1v) is 7.65. The average molecular weight is 305 g/mol. The van der Waals surface area contributed by atoms with Gasteiger partial charge >= 0.3 is 0 Å². The smallest absolute Gasteiger partial charge is 0.191 e. The van der Waals surface area contributed by atoms with Crippen LogP contribution in [0.15, 0.2) is 41.9 Å². The lowest BCUT2D eigenvalue weighted by Gasteiger charge is -2.14. The number of aliphatic hydroxyl groups is 1. The standard InChI is InChI=1S/C17H27N3O2/c1-4-10-22-16-9-7-6-8-15(16)12-20-17(18-5-2)19-11-14(3)13-21/h4,6-9,14,21H,1,5,10-13H2,2-3H3,(H2,18,19,20). The molecule has 5 heteroatoms. The second-order valence-corrected chi connectivity index (χ2v) is 5.07. The van der Waals surface area contributed by atoms with Crippen LogP contribution in [-0.2, 0) is 6.54 Å². The lowest BCUT2D eigenvalue weighted by atomic mass is 10.2. The van der Waals surface area contributed by atoms with E-state index in [0.717, 1.165) is 23.8 Å². The molecule has 0 aromatic heterocycles. The van der Waals surface area contributed by atoms with Gasteiger partial charge in [0, 0.05) is 25.3 Å². The largest absolute Gasteiger partial charge is 0.489 e. The number of nitrogens with one attached hydrogen (secondary N) is 2. The summed E-state index contributed by atoms with van der Waals surface area (Å²) in [6, 6.07) is 7.85. The molecule has 1 unspecified atom stereocenters. The third-order valence-corrected chi connectivity index (χ3v) is 3.01. The number of hydrogen-bond donors (Lipinski definition) is 3. The van der Waals surface area contributed by atoms with Gasteiger partial charge in [-0.2, -0.15) is 0 Å². The van der Waals surface area contributed by atoms with Crippen molar-refractivity contribution in [3.63, 3.8) is 0 Å². The van der Waals surface area contributed by atoms with Crippen molar-refractivity contribution in [1.82, 2.24) is 10.6 Å². The molecule has 0 saturated heterocycles. The van der Waals surface area contributed by atoms with E-state index in [4.69, 9.17) is 9.84 Å². The molecule has 0 fully saturated rings. The molecule has 0 bridgehead atoms. The molecule has 1 rings (SSSR count). The van der Waals surface area contributed by atoms with Gasteiger partial charge in [0.2, 0.25) is 0 Å². The number of guanidine groups is 1. The first-order chi connectivity index (χ1) is 10.7. The van der Waals surface area contributed by atoms with Gasteiger partial charge in [0.1, 0.15) is 12.4 Å². The quantitative estimate of drug-likeness (QED) is 0.370. The molecule has 1 aromatic carbocycles. The van der Waals surface area contributed by atoms with Gasteiger partial charge in [-0.15, -0.1) is 0 Å². The molecule has 1 atom stereocenters. The van der Waals surface area contributed by atoms with Crippen LogP contribution in [0.1, 0.15) is 19.4 Å². The number of hydrogen-bond acceptors (Lipinski definition) is 3. The maximum Gasteiger partial charge on any atom is 0.191 e. The number of aliphatic imine (C=N–C) groups is 1. The Hall–Kier alpha value is -2.01. The number of rotatable bonds is 9. The van der Waals surface area contributed by atoms with Crippen molar-refractivity contribution in [2.45, 2.75) is 20.4 Å². The topological polar surface area (TPSA) is 65.9 Å². The Morgan fingerprint density at radius 2 is 2.18 bits per heavy atom. The fraction of sp³-hybridized carbons (Fsp3) is 0.471. The summed E-state index contributed by atoms with van der Waals surface area (Å²) in [5, 5.41) is 15.5. The van der Waals surface area contributed by atoms with Crippen molar-refractivity contribution < 1.29 is 9.84 Å². The van der Waals surface area contributed by atoms with Crippen LogP contribution in [0.25, 0.3) is 0 Å². The van der Waals surface area contributed by atoms with E-state index in [2.05, 4.69) is 22.2 Å². The summed E-state index contributed by atoms with van der Waals surface area (Å²) >= 11 is 0. The van der Waals surface area contributed by atoms with Gasteiger partial charge in [-0.3, -0.25) is 0 Å². The molecule has 0 aliphatic rings. The van der Waals surface area contributed by atoms with E-state index in [1.165, 1.54) is 0 Å². The van der Waals surface area contributed by atoms with E-state index in [1.54, 1.807) is 6.08 Å². The number of para-hydroxylation sites is 1. The second kappa shape index (κ2) is 10.7. The SMILES string of the molecule is C=CCOc1ccccc1CN=C(NCC)NCC(C)CO. The maximum atomic E-state index is 9.08. The van der Waals surface area contributed by atoms with Gasteiger partial charge in [-0.1, -0.05) is 37.8 Å². The first kappa shape index (κ1) is 18.0. The van der Waals surface area contributed by atoms with E-state index < -0.39 is 0 Å². The highest BCUT2D eigenvalue weighted by molar-refractivity contribution is 5.79. The molecule has 5 nitrogen and oxygen atoms in total. The molecule has 0 aliphatic carbocycles. The molecule has 0 heterocycles. The molecule has 3 N–H and O–H groups in total. The molecule has 1 aromatic rings. The van der Waals surface area contributed by atoms with E-state index in [1.807, 2.05) is 38.1 Å². The predicted molar refractivity (Wildman–Crippen MR) is 91.2 cm³/mol. The number of ether oxygens (including phenoxy) is 1. The Morgan fingerprint density at radius 3 is 2.86 bits per heavy atom. The molecule has 0 aliphatic heterocycles. The Bertz CT molecular complexity index is 475. The van der Waals surface area contributed by atoms with E-state index in [-0.39, 0.29) is 12.5 Å². The van der Waals surface area contributed by atoms with Crippen LogP contribution in [0, 0.1) is 5.92 Å². The first-order valence-electron chi connectivity index (χ1n) is 7.65. The van der Waals surface area contributed by atoms with Crippen LogP contribution in [0.5, 0.6) is 5.75 Å². The molecular weight excluding hydrogens is 278 g/mol. The summed E-state index contributed by atoms with van der Waals surface area (Å²) in [5.41, 5.74) is 1.02. The van der Waals surface area contributed by atoms with Crippen LogP contribution in [-0.4, -0.2) is 37.4 Å². The van der Waals surface area contributed by atoms with Crippen LogP contribution in [0.4, 0.5) is 0 Å². The zero-order valence-corrected chi connectivity index (χ0v) is 13.5. The Morgan fingerprint density at radius 1 is 1.41 bits per heavy atom. The van der Waals surface area contributed by atoms with Crippen molar-refractivity contribution in [2.24, 2.45) is 10.9 Å². The van der Waals surface area contributed by atoms with Crippen LogP contribution < -0.4 is 15.4 Å². The van der Waals surface area contributed by atoms with E-state index >= 15 is 0 Å². The Kier molecular flexibility index (Phi) is 8.76. The predicted octanol–water partition coefficient (Wildman–Crippen LogP) is 1.93. The van der Waals surface area contributed by atoms with Crippen molar-refractivity contribution in [1.29, 1.82) is 0 Å². The monoisotopic (exact) mass is 305 g/mol. The summed E-state index contributed by atoms with van der Waals surface area (Å²) in [4.78, 5) is 4.57. The molecular formula is C17H27N3O2. The van der Waals surface area contributed by atoms with Gasteiger partial charge < -0.3 is 20.5 Å². The fourth-order valence-electron chi connectivity index (χ4n) is 1.77. The van der Waals surface area contributed by atoms with Crippen molar-refractivity contribution in [3.05, 3.63) is 42.5 Å². The van der Waals surface area contributed by atoms with Crippen LogP contribution >= 0.6 is 0 Å². The minimum atomic E-state index is 0.157. The summed E-state index contributed by atoms with van der Waals surface area (Å²) in [7, 11) is 0. The number of aliphatic hydroxyl groups excluding tert-OH is 1. The molecule has 0 saturated carbocycles. The van der Waals surface area contributed by atoms with E-state index in [0.29, 0.717) is 19.7 Å². The van der Waals surface area contributed by atoms with Gasteiger partial charge in [-0.25, -0.2) is 4.99 Å². The molecule has 122 valence electrons. The van der Waals surface area contributed by atoms with Crippen LogP contribution in [0.3, 0.4) is 0 Å². The molecule has 0 amide bonds. The minimum Gasteiger partial charge on any atom is -0.489 e. The maximum absolute atomic E-state index is 9.08. The van der Waals surface area contributed by atoms with Gasteiger partial charge in [-0.05, 0) is 18.9 Å². The normalized spacial score (nSPS) is 12.6. The summed E-state index contributed by atoms with van der Waals surface area (Å²) in [5.74, 6) is 1.75. The lowest BCUT2D eigenvalue weighted by molar-refractivity contribution is 0.238. The molecule has 0 spiro atoms. The highest BCUT2D eigenvalue weighted by Crippen LogP contribution is 2.18. The van der Waals surface area contributed by atoms with E-state index in [9.17, 15) is 0 Å². The summed E-state index contributed by atoms with van der Waals surface area (Å²) < 4.78 is 5.63. The Labute approximate surface area is 133 Å². The zero-order valence-electron chi connectivity index (χ0n) is 13.5. The van der Waals surface area contributed by atoms with Crippen molar-refractivity contribution in [3.8, 4) is 5.75 Å². The molecule has 0 radical (unpaired) electrons. The van der Waals surface area contributed by atoms with Gasteiger partial charge in [0.05, 0.1) is 6.54 Å². The van der Waals surface area contributed by atoms with Crippen molar-refractivity contribution in [2.75, 3.05) is 26.3 Å². The zero-order chi connectivity index (χ0) is 16.2. The van der Waals surface area contributed by atoms with Gasteiger partial charge in [0.15, 0.2) is 5.96 Å². The summed E-state index contributed by atoms with van der Waals surface area (Å²) in [6.07, 6.45) is 1.72. The highest BCUT2D eigenvalue weighted by Gasteiger charge is 2.04. The molecule has 22 heavy (non-hydrogen) atoms. The minimum absolute atomic E-state index is 0.157. The van der Waals surface area contributed by atoms with Gasteiger partial charge in [0.25, 0.3) is 0 Å². The summed E-state index contributed by atoms with van der Waals surface area (Å²) in [6.45, 7) is 10.3. The Balaban J connectivity index is 2.70. The number of nitrogens with zero attached hydrogens (tertiary/aromatic N) is 1. The third kappa shape index (κ3) is 6.63. The fourth-order valence-corrected chi connectivity index (χ4v) is 1.77. The average Bonchev–Trinajstić information content (AvgIpc) is 2.55. The second-order valence-electron chi connectivity index (χ2n) is 5.07. The number of benzene rings is 1.